The third kappa shape index (κ3) is 6.84. The lowest BCUT2D eigenvalue weighted by Gasteiger charge is -2.20. The predicted molar refractivity (Wildman–Crippen MR) is 248 cm³/mol. The van der Waals surface area contributed by atoms with Gasteiger partial charge in [0.2, 0.25) is 0 Å². The molecule has 0 atom stereocenters. The van der Waals surface area contributed by atoms with Crippen molar-refractivity contribution >= 4 is 43.6 Å². The van der Waals surface area contributed by atoms with E-state index in [9.17, 15) is 26.3 Å². The maximum atomic E-state index is 14.3. The van der Waals surface area contributed by atoms with E-state index >= 15 is 0 Å². The van der Waals surface area contributed by atoms with Gasteiger partial charge in [-0.3, -0.25) is 4.98 Å². The molecule has 11 aromatic rings. The summed E-state index contributed by atoms with van der Waals surface area (Å²) in [6, 6.07) is 47.2. The molecule has 0 unspecified atom stereocenters. The normalized spacial score (nSPS) is 12.2. The molecule has 0 spiro atoms. The zero-order valence-electron chi connectivity index (χ0n) is 35.1. The van der Waals surface area contributed by atoms with Crippen molar-refractivity contribution in [3.8, 4) is 56.8 Å². The summed E-state index contributed by atoms with van der Waals surface area (Å²) >= 11 is 0. The molecule has 0 aliphatic rings. The average molecular weight is 881 g/mol. The fourth-order valence-corrected chi connectivity index (χ4v) is 9.01. The third-order valence-electron chi connectivity index (χ3n) is 12.0. The number of aryl methyl sites for hydroxylation is 2. The molecular weight excluding hydrogens is 847 g/mol. The first-order valence-corrected chi connectivity index (χ1v) is 21.0. The molecule has 66 heavy (non-hydrogen) atoms. The molecular formula is C54H34F6N6. The minimum atomic E-state index is -4.75. The van der Waals surface area contributed by atoms with Crippen molar-refractivity contribution in [1.82, 2.24) is 29.1 Å². The number of aromatic nitrogens is 6. The topological polar surface area (TPSA) is 61.4 Å². The van der Waals surface area contributed by atoms with E-state index in [2.05, 4.69) is 28.8 Å². The second kappa shape index (κ2) is 15.3. The molecule has 322 valence electrons. The van der Waals surface area contributed by atoms with Crippen LogP contribution in [0.1, 0.15) is 22.3 Å². The molecule has 0 radical (unpaired) electrons. The highest BCUT2D eigenvalue weighted by atomic mass is 19.4. The molecule has 0 bridgehead atoms. The van der Waals surface area contributed by atoms with Gasteiger partial charge >= 0.3 is 12.4 Å². The van der Waals surface area contributed by atoms with Crippen LogP contribution in [0.4, 0.5) is 26.3 Å². The number of nitrogens with zero attached hydrogens (tertiary/aromatic N) is 6. The van der Waals surface area contributed by atoms with Gasteiger partial charge in [-0.15, -0.1) is 0 Å². The van der Waals surface area contributed by atoms with Crippen LogP contribution in [0.15, 0.2) is 170 Å². The molecule has 0 N–H and O–H groups in total. The number of hydrogen-bond acceptors (Lipinski definition) is 4. The van der Waals surface area contributed by atoms with Crippen LogP contribution in [-0.2, 0) is 12.4 Å². The quantitative estimate of drug-likeness (QED) is 0.156. The van der Waals surface area contributed by atoms with Crippen LogP contribution in [0, 0.1) is 13.8 Å². The highest BCUT2D eigenvalue weighted by Crippen LogP contribution is 2.45. The summed E-state index contributed by atoms with van der Waals surface area (Å²) in [6.45, 7) is 4.09. The van der Waals surface area contributed by atoms with E-state index in [1.54, 1.807) is 22.9 Å². The molecule has 0 aliphatic carbocycles. The molecule has 0 fully saturated rings. The van der Waals surface area contributed by atoms with Crippen LogP contribution in [0.5, 0.6) is 0 Å². The molecule has 0 aliphatic heterocycles. The third-order valence-corrected chi connectivity index (χ3v) is 12.0. The number of alkyl halides is 6. The van der Waals surface area contributed by atoms with Gasteiger partial charge in [-0.1, -0.05) is 96.1 Å². The van der Waals surface area contributed by atoms with Gasteiger partial charge in [0.15, 0.2) is 17.5 Å². The Morgan fingerprint density at radius 3 is 1.35 bits per heavy atom. The van der Waals surface area contributed by atoms with Gasteiger partial charge in [-0.05, 0) is 92.7 Å². The summed E-state index contributed by atoms with van der Waals surface area (Å²) in [5, 5.41) is 2.04. The fraction of sp³-hybridized carbons (Fsp3) is 0.0741. The van der Waals surface area contributed by atoms with Gasteiger partial charge in [0, 0.05) is 50.0 Å². The lowest BCUT2D eigenvalue weighted by molar-refractivity contribution is -0.138. The number of fused-ring (bicyclic) bond motifs is 6. The number of hydrogen-bond donors (Lipinski definition) is 0. The molecule has 11 rings (SSSR count). The zero-order valence-corrected chi connectivity index (χ0v) is 35.1. The Morgan fingerprint density at radius 2 is 0.848 bits per heavy atom. The van der Waals surface area contributed by atoms with Crippen LogP contribution < -0.4 is 0 Å². The van der Waals surface area contributed by atoms with Gasteiger partial charge in [-0.25, -0.2) is 15.0 Å². The largest absolute Gasteiger partial charge is 0.416 e. The standard InChI is InChI=1S/C54H34F6N6/c1-31-18-22-42-38(27-31)39-28-32(2)19-23-43(39)65(42)46-16-9-15-37(52-63-50(33-11-5-3-6-12-33)62-51(64-52)34-13-7-4-8-14-34)48(46)49-47(17-10-26-61-49)66-44-24-20-35(53(55,56)57)29-40(44)41-30-36(54(58,59)60)21-25-45(41)66/h3-30H,1-2H3. The fourth-order valence-electron chi connectivity index (χ4n) is 9.01. The van der Waals surface area contributed by atoms with Gasteiger partial charge in [0.25, 0.3) is 0 Å². The Kier molecular flexibility index (Phi) is 9.40. The lowest BCUT2D eigenvalue weighted by atomic mass is 9.98. The summed E-state index contributed by atoms with van der Waals surface area (Å²) in [5.41, 5.74) is 6.57. The Balaban J connectivity index is 1.28. The van der Waals surface area contributed by atoms with Gasteiger partial charge in [-0.2, -0.15) is 26.3 Å². The minimum absolute atomic E-state index is 0.000142. The van der Waals surface area contributed by atoms with E-state index in [4.69, 9.17) is 19.9 Å². The summed E-state index contributed by atoms with van der Waals surface area (Å²) in [7, 11) is 0. The smallest absolute Gasteiger partial charge is 0.309 e. The Morgan fingerprint density at radius 1 is 0.409 bits per heavy atom. The molecule has 0 amide bonds. The lowest BCUT2D eigenvalue weighted by Crippen LogP contribution is -2.07. The van der Waals surface area contributed by atoms with E-state index in [1.165, 1.54) is 12.1 Å². The van der Waals surface area contributed by atoms with Gasteiger partial charge in [0.05, 0.1) is 50.3 Å². The first-order valence-electron chi connectivity index (χ1n) is 21.0. The minimum Gasteiger partial charge on any atom is -0.309 e. The summed E-state index contributed by atoms with van der Waals surface area (Å²) in [5.74, 6) is 1.15. The van der Waals surface area contributed by atoms with Crippen LogP contribution in [0.25, 0.3) is 100 Å². The second-order valence-electron chi connectivity index (χ2n) is 16.3. The van der Waals surface area contributed by atoms with Gasteiger partial charge in [0.1, 0.15) is 0 Å². The second-order valence-corrected chi connectivity index (χ2v) is 16.3. The van der Waals surface area contributed by atoms with E-state index < -0.39 is 23.5 Å². The molecule has 0 saturated heterocycles. The Labute approximate surface area is 373 Å². The Hall–Kier alpha value is -8.12. The molecule has 6 nitrogen and oxygen atoms in total. The van der Waals surface area contributed by atoms with Crippen molar-refractivity contribution in [2.45, 2.75) is 26.2 Å². The van der Waals surface area contributed by atoms with Crippen LogP contribution in [-0.4, -0.2) is 29.1 Å². The van der Waals surface area contributed by atoms with Crippen molar-refractivity contribution in [2.24, 2.45) is 0 Å². The summed E-state index contributed by atoms with van der Waals surface area (Å²) in [6.07, 6.45) is -7.88. The first-order chi connectivity index (χ1) is 31.8. The number of halogens is 6. The van der Waals surface area contributed by atoms with Gasteiger partial charge < -0.3 is 9.13 Å². The summed E-state index contributed by atoms with van der Waals surface area (Å²) < 4.78 is 89.7. The molecule has 0 saturated carbocycles. The zero-order chi connectivity index (χ0) is 45.5. The van der Waals surface area contributed by atoms with E-state index in [-0.39, 0.29) is 21.8 Å². The molecule has 4 heterocycles. The van der Waals surface area contributed by atoms with Crippen LogP contribution in [0.3, 0.4) is 0 Å². The Bertz CT molecular complexity index is 3520. The first kappa shape index (κ1) is 40.6. The maximum absolute atomic E-state index is 14.3. The van der Waals surface area contributed by atoms with Crippen molar-refractivity contribution in [2.75, 3.05) is 0 Å². The van der Waals surface area contributed by atoms with Crippen molar-refractivity contribution < 1.29 is 26.3 Å². The van der Waals surface area contributed by atoms with Crippen molar-refractivity contribution in [3.63, 3.8) is 0 Å². The predicted octanol–water partition coefficient (Wildman–Crippen LogP) is 14.8. The molecule has 12 heteroatoms. The van der Waals surface area contributed by atoms with Crippen molar-refractivity contribution in [3.05, 3.63) is 192 Å². The highest BCUT2D eigenvalue weighted by Gasteiger charge is 2.34. The molecule has 4 aromatic heterocycles. The van der Waals surface area contributed by atoms with Crippen LogP contribution >= 0.6 is 0 Å². The number of pyridine rings is 1. The van der Waals surface area contributed by atoms with E-state index in [0.29, 0.717) is 45.7 Å². The SMILES string of the molecule is Cc1ccc2c(c1)c1cc(C)ccc1n2-c1cccc(-c2nc(-c3ccccc3)nc(-c3ccccc3)n2)c1-c1ncccc1-n1c2ccc(C(F)(F)F)cc2c2cc(C(F)(F)F)ccc21. The number of benzene rings is 7. The highest BCUT2D eigenvalue weighted by molar-refractivity contribution is 6.12. The average Bonchev–Trinajstić information content (AvgIpc) is 3.82. The summed E-state index contributed by atoms with van der Waals surface area (Å²) in [4.78, 5) is 20.3. The maximum Gasteiger partial charge on any atom is 0.416 e. The monoisotopic (exact) mass is 880 g/mol. The number of rotatable bonds is 6. The molecule has 7 aromatic carbocycles. The van der Waals surface area contributed by atoms with E-state index in [1.807, 2.05) is 105 Å². The van der Waals surface area contributed by atoms with Crippen LogP contribution in [0.2, 0.25) is 0 Å². The van der Waals surface area contributed by atoms with E-state index in [0.717, 1.165) is 68.3 Å². The van der Waals surface area contributed by atoms with Crippen molar-refractivity contribution in [1.29, 1.82) is 0 Å².